The third-order valence-electron chi connectivity index (χ3n) is 12.9. The minimum atomic E-state index is -0.0840. The second-order valence-corrected chi connectivity index (χ2v) is 17.3. The van der Waals surface area contributed by atoms with Gasteiger partial charge < -0.3 is 20.5 Å². The molecule has 0 radical (unpaired) electrons. The van der Waals surface area contributed by atoms with Crippen LogP contribution in [-0.4, -0.2) is 28.6 Å². The topological polar surface area (TPSA) is 46.2 Å². The number of benzene rings is 4. The minimum absolute atomic E-state index is 0.0840. The molecule has 280 valence electrons. The summed E-state index contributed by atoms with van der Waals surface area (Å²) in [6, 6.07) is 36.1. The van der Waals surface area contributed by atoms with E-state index in [0.717, 1.165) is 25.9 Å². The fourth-order valence-electron chi connectivity index (χ4n) is 10.0. The van der Waals surface area contributed by atoms with E-state index in [4.69, 9.17) is 5.73 Å². The predicted octanol–water partition coefficient (Wildman–Crippen LogP) is 11.3. The first-order valence-corrected chi connectivity index (χ1v) is 21.4. The SMILES string of the molecule is NC(C1=CC=CCC1)C1=C(NCN2c3cc(C4C=Cc5c(c6ccccc6n5-c5cccc(-c6ccccc6)c5)C4)ccc3C3C=CC=CC32)C2C=CC=CC2S1. The molecule has 3 N–H and O–H groups in total. The second-order valence-electron chi connectivity index (χ2n) is 16.1. The number of nitrogens with one attached hydrogen (secondary N) is 1. The number of nitrogens with two attached hydrogens (primary N) is 1. The van der Waals surface area contributed by atoms with E-state index in [1.54, 1.807) is 0 Å². The molecular formula is C52H46N4S. The van der Waals surface area contributed by atoms with Gasteiger partial charge in [0.2, 0.25) is 0 Å². The predicted molar refractivity (Wildman–Crippen MR) is 241 cm³/mol. The van der Waals surface area contributed by atoms with Gasteiger partial charge in [0, 0.05) is 56.1 Å². The van der Waals surface area contributed by atoms with Gasteiger partial charge in [0.05, 0.1) is 24.3 Å². The molecule has 0 amide bonds. The Balaban J connectivity index is 0.923. The number of hydrogen-bond acceptors (Lipinski definition) is 4. The first kappa shape index (κ1) is 34.5. The van der Waals surface area contributed by atoms with Gasteiger partial charge in [-0.1, -0.05) is 146 Å². The van der Waals surface area contributed by atoms with Crippen molar-refractivity contribution in [1.29, 1.82) is 0 Å². The Hall–Kier alpha value is -5.75. The molecule has 5 heteroatoms. The van der Waals surface area contributed by atoms with Crippen LogP contribution in [0.1, 0.15) is 47.1 Å². The maximum atomic E-state index is 7.09. The monoisotopic (exact) mass is 758 g/mol. The molecule has 0 saturated heterocycles. The molecule has 57 heavy (non-hydrogen) atoms. The number of fused-ring (bicyclic) bond motifs is 7. The highest BCUT2D eigenvalue weighted by Crippen LogP contribution is 2.49. The van der Waals surface area contributed by atoms with E-state index in [1.165, 1.54) is 72.0 Å². The smallest absolute Gasteiger partial charge is 0.0880 e. The summed E-state index contributed by atoms with van der Waals surface area (Å²) >= 11 is 1.95. The lowest BCUT2D eigenvalue weighted by Gasteiger charge is -2.31. The van der Waals surface area contributed by atoms with Gasteiger partial charge >= 0.3 is 0 Å². The largest absolute Gasteiger partial charge is 0.370 e. The number of para-hydroxylation sites is 1. The Kier molecular flexibility index (Phi) is 8.67. The van der Waals surface area contributed by atoms with Crippen LogP contribution in [-0.2, 0) is 6.42 Å². The standard InChI is InChI=1S/C52H46N4S/c53-50(35-16-5-2-6-17-35)52-51(43-22-9-12-25-49(43)57-52)54-33-55-45-23-10-7-20-40(45)42-28-26-38(32-48(42)55)37-27-29-47-44(31-37)41-21-8-11-24-46(41)56(47)39-19-13-18-36(30-39)34-14-3-1-4-15-34/h1-5,7-16,18-30,32,37,40,43,45,49-50,54H,6,17,31,33,53H2. The third-order valence-corrected chi connectivity index (χ3v) is 14.3. The summed E-state index contributed by atoms with van der Waals surface area (Å²) in [5, 5.41) is 5.74. The molecule has 11 rings (SSSR count). The van der Waals surface area contributed by atoms with Crippen molar-refractivity contribution in [2.75, 3.05) is 11.6 Å². The molecule has 1 aromatic heterocycles. The van der Waals surface area contributed by atoms with Crippen molar-refractivity contribution in [2.24, 2.45) is 11.7 Å². The maximum absolute atomic E-state index is 7.09. The average molecular weight is 759 g/mol. The molecule has 0 spiro atoms. The molecule has 5 aromatic rings. The number of allylic oxidation sites excluding steroid dienone is 9. The lowest BCUT2D eigenvalue weighted by Crippen LogP contribution is -2.41. The van der Waals surface area contributed by atoms with E-state index in [-0.39, 0.29) is 18.0 Å². The van der Waals surface area contributed by atoms with Crippen molar-refractivity contribution in [1.82, 2.24) is 9.88 Å². The lowest BCUT2D eigenvalue weighted by atomic mass is 9.85. The Bertz CT molecular complexity index is 2650. The van der Waals surface area contributed by atoms with Crippen molar-refractivity contribution >= 4 is 34.4 Å². The summed E-state index contributed by atoms with van der Waals surface area (Å²) in [6.07, 6.45) is 32.8. The highest BCUT2D eigenvalue weighted by atomic mass is 32.2. The van der Waals surface area contributed by atoms with Crippen LogP contribution < -0.4 is 16.0 Å². The zero-order chi connectivity index (χ0) is 37.9. The van der Waals surface area contributed by atoms with Crippen LogP contribution in [0.2, 0.25) is 0 Å². The highest BCUT2D eigenvalue weighted by Gasteiger charge is 2.40. The normalized spacial score (nSPS) is 24.4. The lowest BCUT2D eigenvalue weighted by molar-refractivity contribution is 0.604. The van der Waals surface area contributed by atoms with E-state index in [0.29, 0.717) is 17.1 Å². The maximum Gasteiger partial charge on any atom is 0.0880 e. The summed E-state index contributed by atoms with van der Waals surface area (Å²) in [7, 11) is 0. The van der Waals surface area contributed by atoms with Crippen LogP contribution in [0.4, 0.5) is 5.69 Å². The first-order chi connectivity index (χ1) is 28.2. The number of rotatable bonds is 8. The van der Waals surface area contributed by atoms with Crippen molar-refractivity contribution in [3.8, 4) is 16.8 Å². The molecule has 6 atom stereocenters. The Morgan fingerprint density at radius 3 is 2.49 bits per heavy atom. The number of nitrogens with zero attached hydrogens (tertiary/aromatic N) is 2. The molecule has 4 aliphatic carbocycles. The third kappa shape index (κ3) is 5.95. The van der Waals surface area contributed by atoms with Crippen LogP contribution in [0.5, 0.6) is 0 Å². The van der Waals surface area contributed by atoms with Gasteiger partial charge in [0.25, 0.3) is 0 Å². The van der Waals surface area contributed by atoms with E-state index in [1.807, 2.05) is 11.8 Å². The van der Waals surface area contributed by atoms with E-state index >= 15 is 0 Å². The summed E-state index contributed by atoms with van der Waals surface area (Å²) < 4.78 is 2.46. The van der Waals surface area contributed by atoms with Gasteiger partial charge in [0.15, 0.2) is 0 Å². The molecule has 6 aliphatic rings. The number of hydrogen-bond donors (Lipinski definition) is 2. The van der Waals surface area contributed by atoms with E-state index in [2.05, 4.69) is 191 Å². The highest BCUT2D eigenvalue weighted by molar-refractivity contribution is 8.04. The van der Waals surface area contributed by atoms with Crippen LogP contribution in [0.3, 0.4) is 0 Å². The van der Waals surface area contributed by atoms with Gasteiger partial charge in [-0.3, -0.25) is 0 Å². The van der Waals surface area contributed by atoms with Gasteiger partial charge in [-0.25, -0.2) is 0 Å². The fraction of sp³-hybridized carbons (Fsp3) is 0.192. The van der Waals surface area contributed by atoms with Crippen molar-refractivity contribution in [2.45, 2.75) is 48.4 Å². The fourth-order valence-corrected chi connectivity index (χ4v) is 11.5. The van der Waals surface area contributed by atoms with E-state index in [9.17, 15) is 0 Å². The van der Waals surface area contributed by atoms with Gasteiger partial charge in [-0.15, -0.1) is 11.8 Å². The zero-order valence-electron chi connectivity index (χ0n) is 31.9. The molecule has 0 saturated carbocycles. The molecule has 0 bridgehead atoms. The zero-order valence-corrected chi connectivity index (χ0v) is 32.7. The summed E-state index contributed by atoms with van der Waals surface area (Å²) in [6.45, 7) is 0.724. The molecule has 4 nitrogen and oxygen atoms in total. The molecule has 0 fully saturated rings. The Labute approximate surface area is 339 Å². The second kappa shape index (κ2) is 14.3. The minimum Gasteiger partial charge on any atom is -0.370 e. The van der Waals surface area contributed by atoms with Gasteiger partial charge in [-0.2, -0.15) is 0 Å². The molecule has 3 heterocycles. The van der Waals surface area contributed by atoms with Crippen LogP contribution in [0, 0.1) is 5.92 Å². The van der Waals surface area contributed by atoms with Crippen molar-refractivity contribution in [3.63, 3.8) is 0 Å². The Morgan fingerprint density at radius 2 is 1.60 bits per heavy atom. The molecule has 2 aliphatic heterocycles. The summed E-state index contributed by atoms with van der Waals surface area (Å²) in [4.78, 5) is 3.90. The Morgan fingerprint density at radius 1 is 0.772 bits per heavy atom. The van der Waals surface area contributed by atoms with Crippen LogP contribution >= 0.6 is 11.8 Å². The first-order valence-electron chi connectivity index (χ1n) is 20.5. The molecule has 6 unspecified atom stereocenters. The van der Waals surface area contributed by atoms with Crippen molar-refractivity contribution in [3.05, 3.63) is 209 Å². The molecule has 4 aromatic carbocycles. The molecular weight excluding hydrogens is 713 g/mol. The van der Waals surface area contributed by atoms with Crippen LogP contribution in [0.25, 0.3) is 33.8 Å². The number of thioether (sulfide) groups is 1. The van der Waals surface area contributed by atoms with E-state index < -0.39 is 0 Å². The van der Waals surface area contributed by atoms with Gasteiger partial charge in [-0.05, 0) is 83.0 Å². The van der Waals surface area contributed by atoms with Crippen LogP contribution in [0.15, 0.2) is 186 Å². The quantitative estimate of drug-likeness (QED) is 0.165. The summed E-state index contributed by atoms with van der Waals surface area (Å²) in [5.74, 6) is 0.908. The summed E-state index contributed by atoms with van der Waals surface area (Å²) in [5.41, 5.74) is 21.4. The number of anilines is 1. The number of aromatic nitrogens is 1. The average Bonchev–Trinajstić information content (AvgIpc) is 3.93. The van der Waals surface area contributed by atoms with Gasteiger partial charge in [0.1, 0.15) is 0 Å². The van der Waals surface area contributed by atoms with Crippen molar-refractivity contribution < 1.29 is 0 Å².